The number of carbonyl (C=O) groups excluding carboxylic acids is 1. The van der Waals surface area contributed by atoms with Crippen LogP contribution >= 0.6 is 0 Å². The molecule has 2 nitrogen and oxygen atoms in total. The van der Waals surface area contributed by atoms with Gasteiger partial charge in [0.2, 0.25) is 0 Å². The Labute approximate surface area is 121 Å². The molecule has 3 heteroatoms. The summed E-state index contributed by atoms with van der Waals surface area (Å²) in [6.07, 6.45) is 3.09. The third-order valence-corrected chi connectivity index (χ3v) is 5.55. The van der Waals surface area contributed by atoms with Gasteiger partial charge in [0.25, 0.3) is 0 Å². The number of carboxylic acids is 1. The number of hydrogen-bond donors (Lipinski definition) is 0. The summed E-state index contributed by atoms with van der Waals surface area (Å²) in [7, 11) is 0. The Morgan fingerprint density at radius 3 is 2.31 bits per heavy atom. The van der Waals surface area contributed by atoms with Gasteiger partial charge in [-0.1, -0.05) is 13.8 Å². The molecule has 4 atom stereocenters. The van der Waals surface area contributed by atoms with Crippen LogP contribution in [0.15, 0.2) is 0 Å². The standard InChI is InChI=1S/C10H14O2.K/c1-8-5-10(7(11)12)6(8)3-4-9(8,10)2;/h6H,3-5H2,1-2H3,(H,11,12);/q;+1/p-1. The monoisotopic (exact) mass is 204 g/mol. The van der Waals surface area contributed by atoms with E-state index in [1.807, 2.05) is 0 Å². The van der Waals surface area contributed by atoms with Gasteiger partial charge in [-0.25, -0.2) is 0 Å². The van der Waals surface area contributed by atoms with Crippen molar-refractivity contribution in [3.8, 4) is 0 Å². The second kappa shape index (κ2) is 2.43. The van der Waals surface area contributed by atoms with Crippen molar-refractivity contribution in [3.63, 3.8) is 0 Å². The first kappa shape index (κ1) is 10.6. The molecule has 0 aromatic rings. The van der Waals surface area contributed by atoms with E-state index in [9.17, 15) is 9.90 Å². The predicted octanol–water partition coefficient (Wildman–Crippen LogP) is -2.43. The minimum atomic E-state index is -0.781. The largest absolute Gasteiger partial charge is 1.00 e. The minimum Gasteiger partial charge on any atom is -0.550 e. The molecule has 0 amide bonds. The summed E-state index contributed by atoms with van der Waals surface area (Å²) in [5, 5.41) is 11.0. The third kappa shape index (κ3) is 0.670. The molecule has 5 aliphatic rings. The van der Waals surface area contributed by atoms with Crippen LogP contribution in [0.3, 0.4) is 0 Å². The van der Waals surface area contributed by atoms with Crippen molar-refractivity contribution in [2.24, 2.45) is 22.2 Å². The van der Waals surface area contributed by atoms with Gasteiger partial charge in [-0.2, -0.15) is 0 Å². The van der Waals surface area contributed by atoms with E-state index in [2.05, 4.69) is 13.8 Å². The molecule has 5 rings (SSSR count). The van der Waals surface area contributed by atoms with Crippen molar-refractivity contribution in [1.82, 2.24) is 0 Å². The van der Waals surface area contributed by atoms with E-state index >= 15 is 0 Å². The SMILES string of the molecule is CC12CC3(C(=O)[O-])C1CCC23C.[K+]. The second-order valence-electron chi connectivity index (χ2n) is 5.28. The number of fused-ring (bicyclic) bond motifs is 1. The van der Waals surface area contributed by atoms with Crippen LogP contribution in [0.1, 0.15) is 33.1 Å². The Balaban J connectivity index is 0.000000653. The van der Waals surface area contributed by atoms with Crippen molar-refractivity contribution in [2.75, 3.05) is 0 Å². The fourth-order valence-electron chi connectivity index (χ4n) is 4.67. The quantitative estimate of drug-likeness (QED) is 0.446. The Bertz CT molecular complexity index is 303. The predicted molar refractivity (Wildman–Crippen MR) is 41.0 cm³/mol. The summed E-state index contributed by atoms with van der Waals surface area (Å²) >= 11 is 0. The summed E-state index contributed by atoms with van der Waals surface area (Å²) in [5.41, 5.74) is 0.0400. The topological polar surface area (TPSA) is 40.1 Å². The first-order chi connectivity index (χ1) is 5.49. The fourth-order valence-corrected chi connectivity index (χ4v) is 4.67. The van der Waals surface area contributed by atoms with E-state index in [0.29, 0.717) is 11.3 Å². The minimum absolute atomic E-state index is 0. The zero-order chi connectivity index (χ0) is 8.78. The molecule has 0 radical (unpaired) electrons. The first-order valence-electron chi connectivity index (χ1n) is 4.70. The molecule has 66 valence electrons. The maximum atomic E-state index is 11.0. The molecule has 0 aliphatic heterocycles. The average molecular weight is 204 g/mol. The van der Waals surface area contributed by atoms with Crippen LogP contribution in [0, 0.1) is 22.2 Å². The third-order valence-electron chi connectivity index (χ3n) is 5.55. The number of rotatable bonds is 1. The van der Waals surface area contributed by atoms with Gasteiger partial charge in [0.05, 0.1) is 0 Å². The van der Waals surface area contributed by atoms with Gasteiger partial charge in [0, 0.05) is 11.4 Å². The van der Waals surface area contributed by atoms with Crippen LogP contribution in [-0.2, 0) is 4.79 Å². The van der Waals surface area contributed by atoms with E-state index in [1.165, 1.54) is 0 Å². The van der Waals surface area contributed by atoms with E-state index in [1.54, 1.807) is 0 Å². The number of carboxylic acid groups (broad SMARTS) is 1. The molecule has 0 heterocycles. The average Bonchev–Trinajstić information content (AvgIpc) is 2.33. The van der Waals surface area contributed by atoms with Gasteiger partial charge in [-0.15, -0.1) is 0 Å². The van der Waals surface area contributed by atoms with Gasteiger partial charge in [0.15, 0.2) is 0 Å². The molecular weight excluding hydrogens is 191 g/mol. The van der Waals surface area contributed by atoms with Crippen LogP contribution in [0.5, 0.6) is 0 Å². The van der Waals surface area contributed by atoms with Crippen LogP contribution < -0.4 is 56.5 Å². The van der Waals surface area contributed by atoms with Gasteiger partial charge in [-0.3, -0.25) is 0 Å². The maximum absolute atomic E-state index is 11.0. The Morgan fingerprint density at radius 2 is 2.08 bits per heavy atom. The van der Waals surface area contributed by atoms with Gasteiger partial charge in [0.1, 0.15) is 0 Å². The number of carbonyl (C=O) groups is 1. The molecule has 0 saturated heterocycles. The van der Waals surface area contributed by atoms with Crippen LogP contribution in [0.25, 0.3) is 0 Å². The van der Waals surface area contributed by atoms with Crippen molar-refractivity contribution in [3.05, 3.63) is 0 Å². The zero-order valence-electron chi connectivity index (χ0n) is 8.52. The van der Waals surface area contributed by atoms with Crippen molar-refractivity contribution in [2.45, 2.75) is 33.1 Å². The summed E-state index contributed by atoms with van der Waals surface area (Å²) in [6.45, 7) is 4.38. The van der Waals surface area contributed by atoms with E-state index < -0.39 is 11.4 Å². The van der Waals surface area contributed by atoms with Crippen molar-refractivity contribution in [1.29, 1.82) is 0 Å². The summed E-state index contributed by atoms with van der Waals surface area (Å²) in [5.74, 6) is -0.337. The second-order valence-corrected chi connectivity index (χ2v) is 5.28. The van der Waals surface area contributed by atoms with Gasteiger partial charge >= 0.3 is 51.4 Å². The maximum Gasteiger partial charge on any atom is 1.00 e. The van der Waals surface area contributed by atoms with E-state index in [-0.39, 0.29) is 56.8 Å². The molecule has 5 saturated carbocycles. The van der Waals surface area contributed by atoms with Gasteiger partial charge in [-0.05, 0) is 36.0 Å². The number of hydrogen-bond acceptors (Lipinski definition) is 2. The molecule has 0 aromatic carbocycles. The summed E-state index contributed by atoms with van der Waals surface area (Å²) in [4.78, 5) is 11.0. The normalized spacial score (nSPS) is 60.3. The molecule has 13 heavy (non-hydrogen) atoms. The molecule has 5 aliphatic carbocycles. The Kier molecular flexibility index (Phi) is 1.99. The summed E-state index contributed by atoms with van der Waals surface area (Å²) < 4.78 is 0. The van der Waals surface area contributed by atoms with Crippen LogP contribution in [0.4, 0.5) is 0 Å². The van der Waals surface area contributed by atoms with E-state index in [0.717, 1.165) is 19.3 Å². The van der Waals surface area contributed by atoms with Crippen LogP contribution in [-0.4, -0.2) is 5.97 Å². The molecule has 5 fully saturated rings. The molecule has 0 aromatic heterocycles. The molecule has 0 N–H and O–H groups in total. The fraction of sp³-hybridized carbons (Fsp3) is 0.900. The molecule has 0 spiro atoms. The summed E-state index contributed by atoms with van der Waals surface area (Å²) in [6, 6.07) is 0. The van der Waals surface area contributed by atoms with Gasteiger partial charge < -0.3 is 9.90 Å². The van der Waals surface area contributed by atoms with E-state index in [4.69, 9.17) is 0 Å². The van der Waals surface area contributed by atoms with Crippen LogP contribution in [0.2, 0.25) is 0 Å². The van der Waals surface area contributed by atoms with Crippen molar-refractivity contribution < 1.29 is 61.3 Å². The molecule has 4 unspecified atom stereocenters. The Hall–Kier alpha value is 1.11. The number of aliphatic carboxylic acids is 1. The molecular formula is C10H13KO2. The molecule has 4 bridgehead atoms. The first-order valence-corrected chi connectivity index (χ1v) is 4.70. The Morgan fingerprint density at radius 1 is 1.46 bits per heavy atom. The zero-order valence-corrected chi connectivity index (χ0v) is 11.6. The van der Waals surface area contributed by atoms with Crippen molar-refractivity contribution >= 4 is 5.97 Å². The smallest absolute Gasteiger partial charge is 0.550 e.